The van der Waals surface area contributed by atoms with E-state index in [9.17, 15) is 4.79 Å². The Kier molecular flexibility index (Phi) is 5.35. The van der Waals surface area contributed by atoms with E-state index < -0.39 is 0 Å². The molecule has 4 aromatic rings. The number of amides is 1. The van der Waals surface area contributed by atoms with Gasteiger partial charge in [-0.3, -0.25) is 9.69 Å². The van der Waals surface area contributed by atoms with Gasteiger partial charge in [0.1, 0.15) is 28.9 Å². The van der Waals surface area contributed by atoms with Crippen molar-refractivity contribution in [2.75, 3.05) is 37.6 Å². The summed E-state index contributed by atoms with van der Waals surface area (Å²) in [5.74, 6) is 2.35. The van der Waals surface area contributed by atoms with Crippen molar-refractivity contribution in [3.63, 3.8) is 0 Å². The zero-order valence-electron chi connectivity index (χ0n) is 18.7. The molecule has 6 rings (SSSR count). The zero-order chi connectivity index (χ0) is 22.9. The fraction of sp³-hybridized carbons (Fsp3) is 0.269. The number of nitrogens with zero attached hydrogens (tertiary/aromatic N) is 5. The lowest BCUT2D eigenvalue weighted by atomic mass is 10.1. The average Bonchev–Trinajstić information content (AvgIpc) is 3.64. The van der Waals surface area contributed by atoms with E-state index in [2.05, 4.69) is 14.8 Å². The third-order valence-electron chi connectivity index (χ3n) is 6.45. The average molecular weight is 456 g/mol. The van der Waals surface area contributed by atoms with Gasteiger partial charge in [0.05, 0.1) is 12.8 Å². The third kappa shape index (κ3) is 3.97. The maximum atomic E-state index is 13.4. The van der Waals surface area contributed by atoms with Crippen molar-refractivity contribution in [3.05, 3.63) is 84.6 Å². The molecule has 1 saturated heterocycles. The molecule has 1 aromatic carbocycles. The highest BCUT2D eigenvalue weighted by Crippen LogP contribution is 2.34. The molecular weight excluding hydrogens is 430 g/mol. The fourth-order valence-corrected chi connectivity index (χ4v) is 4.66. The number of aromatic nitrogens is 1. The number of carbonyl (C=O) groups excluding carboxylic acids is 1. The first-order valence-electron chi connectivity index (χ1n) is 11.5. The quantitative estimate of drug-likeness (QED) is 0.454. The zero-order valence-corrected chi connectivity index (χ0v) is 18.7. The van der Waals surface area contributed by atoms with E-state index in [1.807, 2.05) is 66.9 Å². The Morgan fingerprint density at radius 3 is 2.62 bits per heavy atom. The number of anilines is 1. The molecule has 3 aromatic heterocycles. The van der Waals surface area contributed by atoms with Gasteiger partial charge in [-0.2, -0.15) is 5.10 Å². The monoisotopic (exact) mass is 455 g/mol. The molecule has 2 aliphatic rings. The van der Waals surface area contributed by atoms with Crippen LogP contribution in [0.3, 0.4) is 0 Å². The SMILES string of the molecule is O=C(CN1CCN(c2ccccn2)CC1)N1N=C(c2cc3ccccc3o2)C[C@@H]1c1ccco1. The van der Waals surface area contributed by atoms with Crippen molar-refractivity contribution in [3.8, 4) is 0 Å². The lowest BCUT2D eigenvalue weighted by Gasteiger charge is -2.35. The number of pyridine rings is 1. The second-order valence-corrected chi connectivity index (χ2v) is 8.62. The predicted molar refractivity (Wildman–Crippen MR) is 129 cm³/mol. The van der Waals surface area contributed by atoms with Crippen molar-refractivity contribution < 1.29 is 13.6 Å². The number of hydrazone groups is 1. The molecule has 0 radical (unpaired) electrons. The van der Waals surface area contributed by atoms with Crippen molar-refractivity contribution >= 4 is 28.4 Å². The van der Waals surface area contributed by atoms with Gasteiger partial charge in [-0.25, -0.2) is 9.99 Å². The standard InChI is InChI=1S/C26H25N5O3/c32-26(18-29-11-13-30(14-12-29)25-9-3-4-10-27-25)31-21(23-8-5-15-33-23)17-20(28-31)24-16-19-6-1-2-7-22(19)34-24/h1-10,15-16,21H,11-14,17-18H2/t21-/m1/s1. The maximum absolute atomic E-state index is 13.4. The maximum Gasteiger partial charge on any atom is 0.257 e. The van der Waals surface area contributed by atoms with Gasteiger partial charge in [0.2, 0.25) is 0 Å². The van der Waals surface area contributed by atoms with Crippen molar-refractivity contribution in [2.24, 2.45) is 5.10 Å². The summed E-state index contributed by atoms with van der Waals surface area (Å²) in [6.45, 7) is 3.56. The van der Waals surface area contributed by atoms with Crippen LogP contribution < -0.4 is 4.90 Å². The topological polar surface area (TPSA) is 78.3 Å². The second kappa shape index (κ2) is 8.79. The normalized spacial score (nSPS) is 19.1. The third-order valence-corrected chi connectivity index (χ3v) is 6.45. The molecule has 1 fully saturated rings. The first-order chi connectivity index (χ1) is 16.7. The van der Waals surface area contributed by atoms with E-state index in [0.29, 0.717) is 18.7 Å². The Bertz CT molecular complexity index is 1270. The first-order valence-corrected chi connectivity index (χ1v) is 11.5. The van der Waals surface area contributed by atoms with Crippen LogP contribution in [-0.4, -0.2) is 59.2 Å². The van der Waals surface area contributed by atoms with Crippen LogP contribution in [0, 0.1) is 0 Å². The molecule has 1 atom stereocenters. The van der Waals surface area contributed by atoms with Gasteiger partial charge in [-0.15, -0.1) is 0 Å². The van der Waals surface area contributed by atoms with Crippen LogP contribution in [0.1, 0.15) is 24.0 Å². The van der Waals surface area contributed by atoms with Gasteiger partial charge >= 0.3 is 0 Å². The number of rotatable bonds is 5. The van der Waals surface area contributed by atoms with E-state index >= 15 is 0 Å². The number of hydrogen-bond donors (Lipinski definition) is 0. The molecule has 5 heterocycles. The van der Waals surface area contributed by atoms with Crippen molar-refractivity contribution in [1.29, 1.82) is 0 Å². The number of furan rings is 2. The number of para-hydroxylation sites is 1. The molecule has 0 bridgehead atoms. The first kappa shape index (κ1) is 20.7. The minimum atomic E-state index is -0.277. The Morgan fingerprint density at radius 2 is 1.85 bits per heavy atom. The molecule has 0 saturated carbocycles. The van der Waals surface area contributed by atoms with Crippen LogP contribution in [-0.2, 0) is 4.79 Å². The van der Waals surface area contributed by atoms with E-state index in [1.165, 1.54) is 0 Å². The Morgan fingerprint density at radius 1 is 1.00 bits per heavy atom. The molecule has 8 nitrogen and oxygen atoms in total. The number of benzene rings is 1. The van der Waals surface area contributed by atoms with Gasteiger partial charge in [0.15, 0.2) is 5.76 Å². The van der Waals surface area contributed by atoms with Gasteiger partial charge in [0.25, 0.3) is 5.91 Å². The van der Waals surface area contributed by atoms with E-state index in [4.69, 9.17) is 13.9 Å². The minimum absolute atomic E-state index is 0.0428. The number of piperazine rings is 1. The minimum Gasteiger partial charge on any atom is -0.467 e. The lowest BCUT2D eigenvalue weighted by Crippen LogP contribution is -2.49. The fourth-order valence-electron chi connectivity index (χ4n) is 4.66. The number of hydrogen-bond acceptors (Lipinski definition) is 7. The van der Waals surface area contributed by atoms with Crippen LogP contribution in [0.15, 0.2) is 87.1 Å². The highest BCUT2D eigenvalue weighted by Gasteiger charge is 2.36. The van der Waals surface area contributed by atoms with Crippen LogP contribution in [0.2, 0.25) is 0 Å². The largest absolute Gasteiger partial charge is 0.467 e. The summed E-state index contributed by atoms with van der Waals surface area (Å²) in [4.78, 5) is 22.3. The summed E-state index contributed by atoms with van der Waals surface area (Å²) in [7, 11) is 0. The highest BCUT2D eigenvalue weighted by atomic mass is 16.3. The summed E-state index contributed by atoms with van der Waals surface area (Å²) in [5, 5.41) is 7.31. The number of carbonyl (C=O) groups is 1. The van der Waals surface area contributed by atoms with Crippen molar-refractivity contribution in [2.45, 2.75) is 12.5 Å². The summed E-state index contributed by atoms with van der Waals surface area (Å²) in [6.07, 6.45) is 3.99. The molecule has 34 heavy (non-hydrogen) atoms. The Hall–Kier alpha value is -3.91. The van der Waals surface area contributed by atoms with Crippen LogP contribution in [0.4, 0.5) is 5.82 Å². The molecule has 0 unspecified atom stereocenters. The molecule has 0 aliphatic carbocycles. The van der Waals surface area contributed by atoms with Crippen LogP contribution in [0.25, 0.3) is 11.0 Å². The van der Waals surface area contributed by atoms with Gasteiger partial charge in [-0.05, 0) is 36.4 Å². The highest BCUT2D eigenvalue weighted by molar-refractivity contribution is 6.03. The van der Waals surface area contributed by atoms with Gasteiger partial charge in [-0.1, -0.05) is 24.3 Å². The predicted octanol–water partition coefficient (Wildman–Crippen LogP) is 3.92. The summed E-state index contributed by atoms with van der Waals surface area (Å²) in [5.41, 5.74) is 1.57. The Labute approximate surface area is 197 Å². The molecule has 0 N–H and O–H groups in total. The molecule has 0 spiro atoms. The molecule has 1 amide bonds. The van der Waals surface area contributed by atoms with Gasteiger partial charge < -0.3 is 13.7 Å². The summed E-state index contributed by atoms with van der Waals surface area (Å²) < 4.78 is 11.7. The molecule has 172 valence electrons. The Balaban J connectivity index is 1.18. The van der Waals surface area contributed by atoms with E-state index in [0.717, 1.165) is 54.4 Å². The van der Waals surface area contributed by atoms with Crippen molar-refractivity contribution in [1.82, 2.24) is 14.9 Å². The van der Waals surface area contributed by atoms with Gasteiger partial charge in [0, 0.05) is 44.2 Å². The molecule has 2 aliphatic heterocycles. The smallest absolute Gasteiger partial charge is 0.257 e. The summed E-state index contributed by atoms with van der Waals surface area (Å²) in [6, 6.07) is 19.3. The van der Waals surface area contributed by atoms with E-state index in [1.54, 1.807) is 11.3 Å². The lowest BCUT2D eigenvalue weighted by molar-refractivity contribution is -0.134. The number of fused-ring (bicyclic) bond motifs is 1. The molecular formula is C26H25N5O3. The summed E-state index contributed by atoms with van der Waals surface area (Å²) >= 11 is 0. The second-order valence-electron chi connectivity index (χ2n) is 8.62. The molecule has 8 heteroatoms. The van der Waals surface area contributed by atoms with Crippen LogP contribution in [0.5, 0.6) is 0 Å². The van der Waals surface area contributed by atoms with Crippen LogP contribution >= 0.6 is 0 Å². The van der Waals surface area contributed by atoms with E-state index in [-0.39, 0.29) is 11.9 Å².